The van der Waals surface area contributed by atoms with E-state index in [9.17, 15) is 14.4 Å². The predicted octanol–water partition coefficient (Wildman–Crippen LogP) is 3.09. The summed E-state index contributed by atoms with van der Waals surface area (Å²) in [7, 11) is 1.56. The average Bonchev–Trinajstić information content (AvgIpc) is 2.81. The third-order valence-electron chi connectivity index (χ3n) is 5.52. The number of hydrogen-bond acceptors (Lipinski definition) is 4. The van der Waals surface area contributed by atoms with Gasteiger partial charge in [0.05, 0.1) is 7.11 Å². The van der Waals surface area contributed by atoms with E-state index >= 15 is 0 Å². The van der Waals surface area contributed by atoms with E-state index in [1.54, 1.807) is 65.4 Å². The van der Waals surface area contributed by atoms with Crippen LogP contribution in [0.25, 0.3) is 0 Å². The number of benzene rings is 2. The van der Waals surface area contributed by atoms with Gasteiger partial charge in [-0.25, -0.2) is 0 Å². The number of ether oxygens (including phenoxy) is 1. The molecule has 2 aromatic carbocycles. The largest absolute Gasteiger partial charge is 0.497 e. The van der Waals surface area contributed by atoms with Crippen molar-refractivity contribution in [2.45, 2.75) is 19.9 Å². The Hall–Kier alpha value is -3.06. The first-order chi connectivity index (χ1) is 15.3. The minimum Gasteiger partial charge on any atom is -0.497 e. The Morgan fingerprint density at radius 3 is 2.16 bits per heavy atom. The molecule has 32 heavy (non-hydrogen) atoms. The number of piperazine rings is 1. The number of methoxy groups -OCH3 is 1. The van der Waals surface area contributed by atoms with Crippen LogP contribution in [0.2, 0.25) is 5.02 Å². The topological polar surface area (TPSA) is 79.0 Å². The van der Waals surface area contributed by atoms with Crippen molar-refractivity contribution in [2.24, 2.45) is 5.92 Å². The summed E-state index contributed by atoms with van der Waals surface area (Å²) in [5.41, 5.74) is 1.00. The highest BCUT2D eigenvalue weighted by atomic mass is 35.5. The van der Waals surface area contributed by atoms with Crippen molar-refractivity contribution >= 4 is 29.3 Å². The number of rotatable bonds is 6. The summed E-state index contributed by atoms with van der Waals surface area (Å²) in [6.45, 7) is 5.47. The minimum absolute atomic E-state index is 0.0878. The first kappa shape index (κ1) is 23.6. The molecule has 0 aromatic heterocycles. The van der Waals surface area contributed by atoms with E-state index in [4.69, 9.17) is 16.3 Å². The smallest absolute Gasteiger partial charge is 0.254 e. The SMILES string of the molecule is COc1cccc(C(=O)N2CCN(C(=O)C(NC(=O)c3ccc(Cl)cc3)C(C)C)CC2)c1. The lowest BCUT2D eigenvalue weighted by Gasteiger charge is -2.37. The van der Waals surface area contributed by atoms with Gasteiger partial charge in [-0.15, -0.1) is 0 Å². The Balaban J connectivity index is 1.61. The first-order valence-electron chi connectivity index (χ1n) is 10.6. The van der Waals surface area contributed by atoms with Crippen LogP contribution in [-0.4, -0.2) is 66.9 Å². The molecule has 0 radical (unpaired) electrons. The highest BCUT2D eigenvalue weighted by Gasteiger charge is 2.32. The van der Waals surface area contributed by atoms with Gasteiger partial charge >= 0.3 is 0 Å². The monoisotopic (exact) mass is 457 g/mol. The Kier molecular flexibility index (Phi) is 7.75. The first-order valence-corrected chi connectivity index (χ1v) is 11.0. The van der Waals surface area contributed by atoms with Crippen molar-refractivity contribution in [3.63, 3.8) is 0 Å². The zero-order valence-corrected chi connectivity index (χ0v) is 19.3. The van der Waals surface area contributed by atoms with E-state index in [0.717, 1.165) is 0 Å². The molecule has 1 fully saturated rings. The number of amides is 3. The van der Waals surface area contributed by atoms with E-state index in [1.165, 1.54) is 0 Å². The Bertz CT molecular complexity index is 969. The van der Waals surface area contributed by atoms with Crippen LogP contribution in [0.3, 0.4) is 0 Å². The number of hydrogen-bond donors (Lipinski definition) is 1. The van der Waals surface area contributed by atoms with Crippen LogP contribution in [0.5, 0.6) is 5.75 Å². The van der Waals surface area contributed by atoms with Gasteiger partial charge < -0.3 is 19.9 Å². The van der Waals surface area contributed by atoms with E-state index in [-0.39, 0.29) is 23.6 Å². The summed E-state index contributed by atoms with van der Waals surface area (Å²) >= 11 is 5.89. The fraction of sp³-hybridized carbons (Fsp3) is 0.375. The van der Waals surface area contributed by atoms with Gasteiger partial charge in [0.2, 0.25) is 5.91 Å². The summed E-state index contributed by atoms with van der Waals surface area (Å²) < 4.78 is 5.19. The van der Waals surface area contributed by atoms with Gasteiger partial charge in [0.25, 0.3) is 11.8 Å². The van der Waals surface area contributed by atoms with Gasteiger partial charge in [0, 0.05) is 42.3 Å². The summed E-state index contributed by atoms with van der Waals surface area (Å²) in [5, 5.41) is 3.40. The summed E-state index contributed by atoms with van der Waals surface area (Å²) in [4.78, 5) is 42.0. The van der Waals surface area contributed by atoms with Crippen molar-refractivity contribution in [2.75, 3.05) is 33.3 Å². The minimum atomic E-state index is -0.654. The fourth-order valence-electron chi connectivity index (χ4n) is 3.60. The van der Waals surface area contributed by atoms with Gasteiger partial charge in [-0.1, -0.05) is 31.5 Å². The van der Waals surface area contributed by atoms with E-state index in [1.807, 2.05) is 13.8 Å². The third-order valence-corrected chi connectivity index (χ3v) is 5.77. The Labute approximate surface area is 193 Å². The zero-order valence-electron chi connectivity index (χ0n) is 18.5. The third kappa shape index (κ3) is 5.59. The molecule has 170 valence electrons. The number of carbonyl (C=O) groups is 3. The maximum atomic E-state index is 13.2. The van der Waals surface area contributed by atoms with E-state index < -0.39 is 6.04 Å². The lowest BCUT2D eigenvalue weighted by atomic mass is 10.0. The molecule has 1 aliphatic heterocycles. The number of nitrogens with one attached hydrogen (secondary N) is 1. The van der Waals surface area contributed by atoms with E-state index in [2.05, 4.69) is 5.32 Å². The molecular formula is C24H28ClN3O4. The highest BCUT2D eigenvalue weighted by molar-refractivity contribution is 6.30. The Morgan fingerprint density at radius 2 is 1.56 bits per heavy atom. The van der Waals surface area contributed by atoms with Crippen LogP contribution in [0.4, 0.5) is 0 Å². The summed E-state index contributed by atoms with van der Waals surface area (Å²) in [6.07, 6.45) is 0. The number of halogens is 1. The molecule has 0 spiro atoms. The highest BCUT2D eigenvalue weighted by Crippen LogP contribution is 2.17. The van der Waals surface area contributed by atoms with Crippen molar-refractivity contribution in [3.05, 3.63) is 64.7 Å². The second-order valence-corrected chi connectivity index (χ2v) is 8.49. The molecule has 0 saturated carbocycles. The molecule has 1 heterocycles. The fourth-order valence-corrected chi connectivity index (χ4v) is 3.73. The lowest BCUT2D eigenvalue weighted by Crippen LogP contribution is -2.57. The van der Waals surface area contributed by atoms with Gasteiger partial charge in [-0.2, -0.15) is 0 Å². The molecule has 0 aliphatic carbocycles. The normalized spacial score (nSPS) is 14.8. The molecule has 1 unspecified atom stereocenters. The van der Waals surface area contributed by atoms with Crippen LogP contribution in [0.15, 0.2) is 48.5 Å². The predicted molar refractivity (Wildman–Crippen MR) is 123 cm³/mol. The van der Waals surface area contributed by atoms with Crippen LogP contribution in [-0.2, 0) is 4.79 Å². The molecule has 0 bridgehead atoms. The van der Waals surface area contributed by atoms with Gasteiger partial charge in [-0.05, 0) is 48.4 Å². The second kappa shape index (κ2) is 10.5. The molecule has 1 saturated heterocycles. The average molecular weight is 458 g/mol. The van der Waals surface area contributed by atoms with Crippen LogP contribution < -0.4 is 10.1 Å². The lowest BCUT2D eigenvalue weighted by molar-refractivity contribution is -0.135. The van der Waals surface area contributed by atoms with Crippen molar-refractivity contribution in [1.29, 1.82) is 0 Å². The van der Waals surface area contributed by atoms with Gasteiger partial charge in [0.1, 0.15) is 11.8 Å². The maximum Gasteiger partial charge on any atom is 0.254 e. The molecule has 8 heteroatoms. The van der Waals surface area contributed by atoms with Gasteiger partial charge in [0.15, 0.2) is 0 Å². The van der Waals surface area contributed by atoms with E-state index in [0.29, 0.717) is 48.1 Å². The molecule has 3 amide bonds. The standard InChI is InChI=1S/C24H28ClN3O4/c1-16(2)21(26-22(29)17-7-9-19(25)10-8-17)24(31)28-13-11-27(12-14-28)23(30)18-5-4-6-20(15-18)32-3/h4-10,15-16,21H,11-14H2,1-3H3,(H,26,29). The summed E-state index contributed by atoms with van der Waals surface area (Å²) in [5.74, 6) is -0.0140. The molecular weight excluding hydrogens is 430 g/mol. The van der Waals surface area contributed by atoms with Gasteiger partial charge in [-0.3, -0.25) is 14.4 Å². The summed E-state index contributed by atoms with van der Waals surface area (Å²) in [6, 6.07) is 12.9. The molecule has 1 aliphatic rings. The Morgan fingerprint density at radius 1 is 0.938 bits per heavy atom. The maximum absolute atomic E-state index is 13.2. The van der Waals surface area contributed by atoms with Crippen molar-refractivity contribution < 1.29 is 19.1 Å². The van der Waals surface area contributed by atoms with Crippen molar-refractivity contribution in [3.8, 4) is 5.75 Å². The number of carbonyl (C=O) groups excluding carboxylic acids is 3. The zero-order chi connectivity index (χ0) is 23.3. The molecule has 1 N–H and O–H groups in total. The van der Waals surface area contributed by atoms with Crippen LogP contribution >= 0.6 is 11.6 Å². The second-order valence-electron chi connectivity index (χ2n) is 8.05. The van der Waals surface area contributed by atoms with Crippen LogP contribution in [0.1, 0.15) is 34.6 Å². The molecule has 2 aromatic rings. The quantitative estimate of drug-likeness (QED) is 0.723. The van der Waals surface area contributed by atoms with Crippen molar-refractivity contribution in [1.82, 2.24) is 15.1 Å². The molecule has 1 atom stereocenters. The number of nitrogens with zero attached hydrogens (tertiary/aromatic N) is 2. The van der Waals surface area contributed by atoms with Crippen LogP contribution in [0, 0.1) is 5.92 Å². The molecule has 3 rings (SSSR count). The molecule has 7 nitrogen and oxygen atoms in total.